The number of rotatable bonds is 4. The van der Waals surface area contributed by atoms with Gasteiger partial charge >= 0.3 is 0 Å². The molecule has 2 heterocycles. The Kier molecular flexibility index (Phi) is 4.13. The van der Waals surface area contributed by atoms with Crippen LogP contribution in [0.4, 0.5) is 5.13 Å². The van der Waals surface area contributed by atoms with E-state index in [0.717, 1.165) is 16.4 Å². The van der Waals surface area contributed by atoms with Crippen molar-refractivity contribution in [3.63, 3.8) is 0 Å². The number of aryl methyl sites for hydroxylation is 2. The molecular weight excluding hydrogens is 298 g/mol. The second kappa shape index (κ2) is 6.20. The van der Waals surface area contributed by atoms with E-state index in [9.17, 15) is 0 Å². The Labute approximate surface area is 132 Å². The fraction of sp³-hybridized carbons (Fsp3) is 0.125. The molecule has 0 aliphatic rings. The Morgan fingerprint density at radius 3 is 2.67 bits per heavy atom. The highest BCUT2D eigenvalue weighted by Crippen LogP contribution is 2.32. The minimum atomic E-state index is 0.819. The maximum absolute atomic E-state index is 4.60. The highest BCUT2D eigenvalue weighted by molar-refractivity contribution is 7.17. The largest absolute Gasteiger partial charge is 0.253 e. The Balaban J connectivity index is 1.71. The molecule has 3 rings (SSSR count). The fourth-order valence-electron chi connectivity index (χ4n) is 1.90. The molecule has 0 unspecified atom stereocenters. The van der Waals surface area contributed by atoms with Crippen molar-refractivity contribution in [1.29, 1.82) is 0 Å². The number of nitrogens with one attached hydrogen (secondary N) is 1. The van der Waals surface area contributed by atoms with Crippen LogP contribution in [-0.4, -0.2) is 11.2 Å². The maximum Gasteiger partial charge on any atom is 0.204 e. The van der Waals surface area contributed by atoms with Gasteiger partial charge in [0.15, 0.2) is 0 Å². The number of nitrogens with zero attached hydrogens (tertiary/aromatic N) is 2. The van der Waals surface area contributed by atoms with Gasteiger partial charge in [0.05, 0.1) is 16.8 Å². The standard InChI is InChI=1S/C16H15N3S2/c1-11-5-7-13(8-6-11)10-17-19-16-18-15(12(2)21-16)14-4-3-9-20-14/h3-10H,1-2H3,(H,18,19)/b17-10-. The number of benzene rings is 1. The zero-order valence-corrected chi connectivity index (χ0v) is 13.5. The summed E-state index contributed by atoms with van der Waals surface area (Å²) in [5.41, 5.74) is 6.37. The summed E-state index contributed by atoms with van der Waals surface area (Å²) in [6, 6.07) is 12.4. The van der Waals surface area contributed by atoms with Crippen LogP contribution in [0.2, 0.25) is 0 Å². The van der Waals surface area contributed by atoms with Crippen LogP contribution in [0.1, 0.15) is 16.0 Å². The third-order valence-electron chi connectivity index (χ3n) is 3.00. The molecule has 0 aliphatic heterocycles. The van der Waals surface area contributed by atoms with Crippen molar-refractivity contribution in [2.24, 2.45) is 5.10 Å². The van der Waals surface area contributed by atoms with Gasteiger partial charge in [-0.1, -0.05) is 35.9 Å². The number of thiazole rings is 1. The van der Waals surface area contributed by atoms with Crippen LogP contribution in [0, 0.1) is 13.8 Å². The first-order valence-electron chi connectivity index (χ1n) is 6.59. The molecule has 3 nitrogen and oxygen atoms in total. The predicted molar refractivity (Wildman–Crippen MR) is 92.6 cm³/mol. The first-order valence-corrected chi connectivity index (χ1v) is 8.29. The lowest BCUT2D eigenvalue weighted by molar-refractivity contribution is 1.29. The van der Waals surface area contributed by atoms with Crippen molar-refractivity contribution in [1.82, 2.24) is 4.98 Å². The zero-order valence-electron chi connectivity index (χ0n) is 11.8. The van der Waals surface area contributed by atoms with Gasteiger partial charge in [-0.3, -0.25) is 5.43 Å². The van der Waals surface area contributed by atoms with Gasteiger partial charge in [-0.05, 0) is 30.9 Å². The molecule has 5 heteroatoms. The van der Waals surface area contributed by atoms with E-state index in [1.54, 1.807) is 28.9 Å². The third-order valence-corrected chi connectivity index (χ3v) is 4.75. The average molecular weight is 313 g/mol. The smallest absolute Gasteiger partial charge is 0.204 e. The molecule has 0 saturated carbocycles. The second-order valence-corrected chi connectivity index (χ2v) is 6.83. The van der Waals surface area contributed by atoms with Crippen LogP contribution >= 0.6 is 22.7 Å². The molecule has 0 spiro atoms. The molecule has 0 atom stereocenters. The summed E-state index contributed by atoms with van der Waals surface area (Å²) >= 11 is 3.32. The average Bonchev–Trinajstić information content (AvgIpc) is 3.10. The highest BCUT2D eigenvalue weighted by atomic mass is 32.1. The topological polar surface area (TPSA) is 37.3 Å². The number of aromatic nitrogens is 1. The Hall–Kier alpha value is -1.98. The summed E-state index contributed by atoms with van der Waals surface area (Å²) in [5, 5.41) is 7.14. The van der Waals surface area contributed by atoms with Gasteiger partial charge in [0.25, 0.3) is 0 Å². The van der Waals surface area contributed by atoms with E-state index >= 15 is 0 Å². The van der Waals surface area contributed by atoms with Crippen LogP contribution in [0.25, 0.3) is 10.6 Å². The SMILES string of the molecule is Cc1ccc(/C=N\Nc2nc(-c3cccs3)c(C)s2)cc1. The molecule has 0 saturated heterocycles. The van der Waals surface area contributed by atoms with E-state index in [-0.39, 0.29) is 0 Å². The molecule has 106 valence electrons. The summed E-state index contributed by atoms with van der Waals surface area (Å²) in [6.45, 7) is 4.16. The van der Waals surface area contributed by atoms with Gasteiger partial charge < -0.3 is 0 Å². The van der Waals surface area contributed by atoms with Crippen molar-refractivity contribution >= 4 is 34.0 Å². The first kappa shape index (κ1) is 14.0. The molecule has 1 aromatic carbocycles. The molecule has 3 aromatic rings. The number of thiophene rings is 1. The quantitative estimate of drug-likeness (QED) is 0.547. The molecular formula is C16H15N3S2. The first-order chi connectivity index (χ1) is 10.2. The fourth-order valence-corrected chi connectivity index (χ4v) is 3.51. The number of hydrogen-bond donors (Lipinski definition) is 1. The number of anilines is 1. The Morgan fingerprint density at radius 1 is 1.14 bits per heavy atom. The van der Waals surface area contributed by atoms with Gasteiger partial charge in [-0.25, -0.2) is 4.98 Å². The number of hydrogen-bond acceptors (Lipinski definition) is 5. The van der Waals surface area contributed by atoms with Crippen LogP contribution in [0.5, 0.6) is 0 Å². The van der Waals surface area contributed by atoms with E-state index in [1.807, 2.05) is 18.2 Å². The lowest BCUT2D eigenvalue weighted by Gasteiger charge is -1.95. The van der Waals surface area contributed by atoms with E-state index in [4.69, 9.17) is 0 Å². The molecule has 2 aromatic heterocycles. The normalized spacial score (nSPS) is 11.1. The summed E-state index contributed by atoms with van der Waals surface area (Å²) in [7, 11) is 0. The molecule has 0 radical (unpaired) electrons. The lowest BCUT2D eigenvalue weighted by Crippen LogP contribution is -1.90. The van der Waals surface area contributed by atoms with Crippen molar-refractivity contribution in [3.8, 4) is 10.6 Å². The van der Waals surface area contributed by atoms with Gasteiger partial charge in [-0.2, -0.15) is 5.10 Å². The highest BCUT2D eigenvalue weighted by Gasteiger charge is 2.09. The monoisotopic (exact) mass is 313 g/mol. The minimum absolute atomic E-state index is 0.819. The summed E-state index contributed by atoms with van der Waals surface area (Å²) < 4.78 is 0. The van der Waals surface area contributed by atoms with Gasteiger partial charge in [0, 0.05) is 4.88 Å². The van der Waals surface area contributed by atoms with Crippen molar-refractivity contribution in [2.75, 3.05) is 5.43 Å². The summed E-state index contributed by atoms with van der Waals surface area (Å²) in [4.78, 5) is 6.99. The Bertz CT molecular complexity index is 740. The van der Waals surface area contributed by atoms with Gasteiger partial charge in [-0.15, -0.1) is 22.7 Å². The summed E-state index contributed by atoms with van der Waals surface area (Å²) in [5.74, 6) is 0. The molecule has 0 amide bonds. The van der Waals surface area contributed by atoms with Crippen molar-refractivity contribution in [3.05, 3.63) is 57.8 Å². The Morgan fingerprint density at radius 2 is 1.95 bits per heavy atom. The van der Waals surface area contributed by atoms with Crippen LogP contribution in [-0.2, 0) is 0 Å². The minimum Gasteiger partial charge on any atom is -0.253 e. The van der Waals surface area contributed by atoms with E-state index in [2.05, 4.69) is 52.9 Å². The maximum atomic E-state index is 4.60. The summed E-state index contributed by atoms with van der Waals surface area (Å²) in [6.07, 6.45) is 1.81. The van der Waals surface area contributed by atoms with E-state index < -0.39 is 0 Å². The van der Waals surface area contributed by atoms with E-state index in [1.165, 1.54) is 15.3 Å². The molecule has 21 heavy (non-hydrogen) atoms. The third kappa shape index (κ3) is 3.37. The predicted octanol–water partition coefficient (Wildman–Crippen LogP) is 4.93. The van der Waals surface area contributed by atoms with E-state index in [0.29, 0.717) is 0 Å². The lowest BCUT2D eigenvalue weighted by atomic mass is 10.2. The van der Waals surface area contributed by atoms with Crippen LogP contribution in [0.15, 0.2) is 46.9 Å². The van der Waals surface area contributed by atoms with Gasteiger partial charge in [0.1, 0.15) is 0 Å². The van der Waals surface area contributed by atoms with Gasteiger partial charge in [0.2, 0.25) is 5.13 Å². The number of hydrazone groups is 1. The molecule has 0 aliphatic carbocycles. The van der Waals surface area contributed by atoms with Crippen molar-refractivity contribution < 1.29 is 0 Å². The van der Waals surface area contributed by atoms with Crippen LogP contribution in [0.3, 0.4) is 0 Å². The molecule has 0 bridgehead atoms. The van der Waals surface area contributed by atoms with Crippen LogP contribution < -0.4 is 5.43 Å². The van der Waals surface area contributed by atoms with Crippen molar-refractivity contribution in [2.45, 2.75) is 13.8 Å². The molecule has 0 fully saturated rings. The zero-order chi connectivity index (χ0) is 14.7. The second-order valence-electron chi connectivity index (χ2n) is 4.68. The molecule has 1 N–H and O–H groups in total.